The minimum absolute atomic E-state index is 0.00729. The Bertz CT molecular complexity index is 714. The summed E-state index contributed by atoms with van der Waals surface area (Å²) in [6, 6.07) is 0. The fraction of sp³-hybridized carbons (Fsp3) is 0.875. The summed E-state index contributed by atoms with van der Waals surface area (Å²) in [6.07, 6.45) is 1.08. The van der Waals surface area contributed by atoms with Crippen molar-refractivity contribution in [2.75, 3.05) is 5.75 Å². The van der Waals surface area contributed by atoms with Crippen molar-refractivity contribution in [1.29, 1.82) is 0 Å². The molecule has 0 aromatic carbocycles. The van der Waals surface area contributed by atoms with E-state index in [1.165, 1.54) is 0 Å². The number of ether oxygens (including phenoxy) is 1. The van der Waals surface area contributed by atoms with Crippen LogP contribution in [0.1, 0.15) is 40.0 Å². The molecule has 6 nitrogen and oxygen atoms in total. The number of hydrogen-bond donors (Lipinski definition) is 0. The highest BCUT2D eigenvalue weighted by Crippen LogP contribution is 2.65. The van der Waals surface area contributed by atoms with E-state index >= 15 is 0 Å². The standard InChI is InChI=1S/C16H22O6S2/c1-15(2)7-16(15,3)14(18)23-6-11(17)21-12-8-4-9-10(5-8)24(19,20)22-13(9)12/h8-10,12-13H,4-7H2,1-3H3. The largest absolute Gasteiger partial charge is 0.459 e. The van der Waals surface area contributed by atoms with Crippen LogP contribution in [0.4, 0.5) is 0 Å². The molecule has 4 fully saturated rings. The van der Waals surface area contributed by atoms with E-state index in [1.54, 1.807) is 0 Å². The van der Waals surface area contributed by atoms with Gasteiger partial charge in [-0.3, -0.25) is 13.8 Å². The molecule has 6 atom stereocenters. The number of carbonyl (C=O) groups excluding carboxylic acids is 2. The van der Waals surface area contributed by atoms with Crippen LogP contribution in [0.2, 0.25) is 0 Å². The van der Waals surface area contributed by atoms with Crippen LogP contribution < -0.4 is 0 Å². The molecular formula is C16H22O6S2. The topological polar surface area (TPSA) is 86.7 Å². The first-order chi connectivity index (χ1) is 11.1. The van der Waals surface area contributed by atoms with E-state index < -0.39 is 33.5 Å². The van der Waals surface area contributed by atoms with Gasteiger partial charge in [-0.15, -0.1) is 0 Å². The van der Waals surface area contributed by atoms with Gasteiger partial charge in [0.05, 0.1) is 11.0 Å². The van der Waals surface area contributed by atoms with E-state index in [1.807, 2.05) is 20.8 Å². The first-order valence-corrected chi connectivity index (χ1v) is 10.8. The van der Waals surface area contributed by atoms with Crippen molar-refractivity contribution in [3.63, 3.8) is 0 Å². The Kier molecular flexibility index (Phi) is 3.49. The SMILES string of the molecule is CC1(C)CC1(C)C(=O)SCC(=O)OC1C2CC3C1OS(=O)(=O)C3C2. The number of rotatable bonds is 4. The van der Waals surface area contributed by atoms with Gasteiger partial charge in [0.2, 0.25) is 0 Å². The van der Waals surface area contributed by atoms with Crippen molar-refractivity contribution in [1.82, 2.24) is 0 Å². The second kappa shape index (κ2) is 4.98. The van der Waals surface area contributed by atoms with Crippen LogP contribution in [0.15, 0.2) is 0 Å². The number of carbonyl (C=O) groups is 2. The zero-order chi connectivity index (χ0) is 17.5. The molecule has 0 radical (unpaired) electrons. The molecule has 4 rings (SSSR count). The Balaban J connectivity index is 1.33. The van der Waals surface area contributed by atoms with Gasteiger partial charge in [0, 0.05) is 17.3 Å². The van der Waals surface area contributed by atoms with Gasteiger partial charge in [-0.1, -0.05) is 32.5 Å². The lowest BCUT2D eigenvalue weighted by Crippen LogP contribution is -2.37. The van der Waals surface area contributed by atoms with Gasteiger partial charge in [-0.25, -0.2) is 0 Å². The van der Waals surface area contributed by atoms with Crippen molar-refractivity contribution >= 4 is 33.0 Å². The molecule has 0 spiro atoms. The molecular weight excluding hydrogens is 352 g/mol. The van der Waals surface area contributed by atoms with Gasteiger partial charge >= 0.3 is 5.97 Å². The van der Waals surface area contributed by atoms with Crippen molar-refractivity contribution in [2.24, 2.45) is 22.7 Å². The third-order valence-electron chi connectivity index (χ3n) is 6.62. The lowest BCUT2D eigenvalue weighted by molar-refractivity contribution is -0.152. The van der Waals surface area contributed by atoms with Gasteiger partial charge in [-0.2, -0.15) is 8.42 Å². The first kappa shape index (κ1) is 16.8. The predicted octanol–water partition coefficient (Wildman–Crippen LogP) is 1.73. The average molecular weight is 374 g/mol. The highest BCUT2D eigenvalue weighted by atomic mass is 32.2. The molecule has 0 aromatic heterocycles. The van der Waals surface area contributed by atoms with Crippen molar-refractivity contribution in [2.45, 2.75) is 57.5 Å². The Morgan fingerprint density at radius 3 is 2.54 bits per heavy atom. The van der Waals surface area contributed by atoms with Crippen LogP contribution in [0, 0.1) is 22.7 Å². The Morgan fingerprint density at radius 2 is 1.92 bits per heavy atom. The summed E-state index contributed by atoms with van der Waals surface area (Å²) in [5.74, 6) is -0.469. The van der Waals surface area contributed by atoms with Crippen LogP contribution in [0.25, 0.3) is 0 Å². The molecule has 134 valence electrons. The summed E-state index contributed by atoms with van der Waals surface area (Å²) < 4.78 is 34.5. The normalized spacial score (nSPS) is 46.0. The van der Waals surface area contributed by atoms with E-state index in [4.69, 9.17) is 8.92 Å². The van der Waals surface area contributed by atoms with Gasteiger partial charge in [0.25, 0.3) is 10.1 Å². The summed E-state index contributed by atoms with van der Waals surface area (Å²) in [5.41, 5.74) is -0.368. The quantitative estimate of drug-likeness (QED) is 0.547. The molecule has 1 saturated heterocycles. The fourth-order valence-electron chi connectivity index (χ4n) is 4.70. The molecule has 1 heterocycles. The molecule has 3 saturated carbocycles. The van der Waals surface area contributed by atoms with Crippen LogP contribution in [0.5, 0.6) is 0 Å². The predicted molar refractivity (Wildman–Crippen MR) is 87.6 cm³/mol. The monoisotopic (exact) mass is 374 g/mol. The Morgan fingerprint density at radius 1 is 1.25 bits per heavy atom. The second-order valence-electron chi connectivity index (χ2n) is 8.41. The van der Waals surface area contributed by atoms with Crippen molar-refractivity contribution in [3.8, 4) is 0 Å². The number of esters is 1. The highest BCUT2D eigenvalue weighted by Gasteiger charge is 2.65. The summed E-state index contributed by atoms with van der Waals surface area (Å²) in [5, 5.41) is -0.396. The maximum Gasteiger partial charge on any atom is 0.316 e. The molecule has 2 bridgehead atoms. The first-order valence-electron chi connectivity index (χ1n) is 8.34. The molecule has 24 heavy (non-hydrogen) atoms. The van der Waals surface area contributed by atoms with Gasteiger partial charge in [0.15, 0.2) is 5.12 Å². The lowest BCUT2D eigenvalue weighted by atomic mass is 9.94. The van der Waals surface area contributed by atoms with E-state index in [0.29, 0.717) is 6.42 Å². The minimum Gasteiger partial charge on any atom is -0.459 e. The molecule has 8 heteroatoms. The summed E-state index contributed by atoms with van der Waals surface area (Å²) in [6.45, 7) is 6.03. The van der Waals surface area contributed by atoms with Gasteiger partial charge < -0.3 is 4.74 Å². The molecule has 3 aliphatic carbocycles. The molecule has 1 aliphatic heterocycles. The Labute approximate surface area is 146 Å². The third kappa shape index (κ3) is 2.29. The Hall–Kier alpha value is -0.600. The number of thioether (sulfide) groups is 1. The molecule has 0 amide bonds. The number of fused-ring (bicyclic) bond motifs is 1. The smallest absolute Gasteiger partial charge is 0.316 e. The third-order valence-corrected chi connectivity index (χ3v) is 9.48. The second-order valence-corrected chi connectivity index (χ2v) is 11.1. The molecule has 4 aliphatic rings. The van der Waals surface area contributed by atoms with E-state index in [0.717, 1.165) is 24.6 Å². The van der Waals surface area contributed by atoms with Crippen LogP contribution in [-0.4, -0.2) is 42.7 Å². The summed E-state index contributed by atoms with van der Waals surface area (Å²) >= 11 is 1.01. The van der Waals surface area contributed by atoms with E-state index in [-0.39, 0.29) is 33.5 Å². The van der Waals surface area contributed by atoms with Crippen molar-refractivity contribution < 1.29 is 26.9 Å². The number of hydrogen-bond acceptors (Lipinski definition) is 7. The van der Waals surface area contributed by atoms with Crippen molar-refractivity contribution in [3.05, 3.63) is 0 Å². The zero-order valence-electron chi connectivity index (χ0n) is 14.0. The fourth-order valence-corrected chi connectivity index (χ4v) is 7.57. The zero-order valence-corrected chi connectivity index (χ0v) is 15.6. The van der Waals surface area contributed by atoms with Crippen LogP contribution >= 0.6 is 11.8 Å². The van der Waals surface area contributed by atoms with E-state index in [9.17, 15) is 18.0 Å². The summed E-state index contributed by atoms with van der Waals surface area (Å²) in [7, 11) is -3.50. The maximum absolute atomic E-state index is 12.3. The van der Waals surface area contributed by atoms with E-state index in [2.05, 4.69) is 0 Å². The van der Waals surface area contributed by atoms with Crippen LogP contribution in [-0.2, 0) is 28.6 Å². The highest BCUT2D eigenvalue weighted by molar-refractivity contribution is 8.14. The average Bonchev–Trinajstić information content (AvgIpc) is 2.85. The van der Waals surface area contributed by atoms with Gasteiger partial charge in [0.1, 0.15) is 12.2 Å². The molecule has 0 N–H and O–H groups in total. The van der Waals surface area contributed by atoms with Crippen LogP contribution in [0.3, 0.4) is 0 Å². The van der Waals surface area contributed by atoms with Gasteiger partial charge in [-0.05, 0) is 24.7 Å². The summed E-state index contributed by atoms with van der Waals surface area (Å²) in [4.78, 5) is 24.4. The lowest BCUT2D eigenvalue weighted by Gasteiger charge is -2.24. The minimum atomic E-state index is -3.50. The molecule has 6 unspecified atom stereocenters. The molecule has 0 aromatic rings. The maximum atomic E-state index is 12.3.